The summed E-state index contributed by atoms with van der Waals surface area (Å²) in [7, 11) is 1.77. The van der Waals surface area contributed by atoms with E-state index in [4.69, 9.17) is 0 Å². The number of rotatable bonds is 5. The van der Waals surface area contributed by atoms with Gasteiger partial charge in [-0.2, -0.15) is 0 Å². The van der Waals surface area contributed by atoms with Gasteiger partial charge in [-0.05, 0) is 23.8 Å². The number of aromatic nitrogens is 3. The number of hydrogen-bond acceptors (Lipinski definition) is 3. The Hall–Kier alpha value is -2.41. The van der Waals surface area contributed by atoms with E-state index < -0.39 is 0 Å². The quantitative estimate of drug-likeness (QED) is 0.497. The zero-order valence-electron chi connectivity index (χ0n) is 15.2. The topological polar surface area (TPSA) is 66.6 Å². The first-order chi connectivity index (χ1) is 12.5. The van der Waals surface area contributed by atoms with Crippen LogP contribution in [0.1, 0.15) is 25.2 Å². The van der Waals surface area contributed by atoms with Gasteiger partial charge in [0.05, 0.1) is 6.54 Å². The van der Waals surface area contributed by atoms with Crippen LogP contribution in [0, 0.1) is 0 Å². The number of guanidine groups is 1. The van der Waals surface area contributed by atoms with Gasteiger partial charge in [-0.15, -0.1) is 10.2 Å². The van der Waals surface area contributed by atoms with Crippen LogP contribution in [-0.4, -0.2) is 34.2 Å². The fourth-order valence-corrected chi connectivity index (χ4v) is 3.63. The first-order valence-corrected chi connectivity index (χ1v) is 9.29. The molecule has 136 valence electrons. The van der Waals surface area contributed by atoms with Crippen molar-refractivity contribution in [1.82, 2.24) is 25.2 Å². The molecule has 2 N–H and O–H groups in total. The Morgan fingerprint density at radius 1 is 1.12 bits per heavy atom. The zero-order valence-corrected chi connectivity index (χ0v) is 16.8. The number of hydrogen-bond donors (Lipinski definition) is 2. The Morgan fingerprint density at radius 3 is 2.65 bits per heavy atom. The molecule has 0 aliphatic carbocycles. The van der Waals surface area contributed by atoms with Crippen LogP contribution in [0.2, 0.25) is 0 Å². The van der Waals surface area contributed by atoms with Gasteiger partial charge >= 0.3 is 0 Å². The third-order valence-electron chi connectivity index (χ3n) is 4.32. The zero-order chi connectivity index (χ0) is 18.6. The first-order valence-electron chi connectivity index (χ1n) is 8.49. The molecule has 0 bridgehead atoms. The predicted molar refractivity (Wildman–Crippen MR) is 108 cm³/mol. The van der Waals surface area contributed by atoms with Crippen LogP contribution in [0.5, 0.6) is 0 Å². The summed E-state index contributed by atoms with van der Waals surface area (Å²) in [5.41, 5.74) is 2.04. The van der Waals surface area contributed by atoms with E-state index in [2.05, 4.69) is 73.8 Å². The average molecular weight is 415 g/mol. The van der Waals surface area contributed by atoms with E-state index in [1.807, 2.05) is 34.9 Å². The van der Waals surface area contributed by atoms with Crippen molar-refractivity contribution in [2.45, 2.75) is 25.8 Å². The van der Waals surface area contributed by atoms with Crippen LogP contribution in [0.3, 0.4) is 0 Å². The highest BCUT2D eigenvalue weighted by Crippen LogP contribution is 2.29. The van der Waals surface area contributed by atoms with Gasteiger partial charge in [0, 0.05) is 29.7 Å². The molecule has 1 aromatic carbocycles. The molecule has 0 unspecified atom stereocenters. The molecule has 3 rings (SSSR count). The number of aliphatic imine (C=N–C) groups is 1. The van der Waals surface area contributed by atoms with E-state index in [1.165, 1.54) is 5.56 Å². The van der Waals surface area contributed by atoms with Crippen molar-refractivity contribution in [2.24, 2.45) is 4.99 Å². The summed E-state index contributed by atoms with van der Waals surface area (Å²) in [5.74, 6) is 1.58. The van der Waals surface area contributed by atoms with E-state index >= 15 is 0 Å². The normalized spacial score (nSPS) is 12.4. The lowest BCUT2D eigenvalue weighted by molar-refractivity contribution is 0.506. The molecule has 0 saturated heterocycles. The van der Waals surface area contributed by atoms with Gasteiger partial charge in [-0.3, -0.25) is 9.39 Å². The molecule has 6 nitrogen and oxygen atoms in total. The van der Waals surface area contributed by atoms with Crippen molar-refractivity contribution in [3.63, 3.8) is 0 Å². The molecule has 0 aliphatic rings. The van der Waals surface area contributed by atoms with Crippen molar-refractivity contribution < 1.29 is 0 Å². The van der Waals surface area contributed by atoms with Crippen LogP contribution in [0.4, 0.5) is 0 Å². The van der Waals surface area contributed by atoms with Gasteiger partial charge in [0.15, 0.2) is 17.4 Å². The van der Waals surface area contributed by atoms with Crippen molar-refractivity contribution >= 4 is 27.5 Å². The molecule has 3 aromatic rings. The van der Waals surface area contributed by atoms with Crippen LogP contribution in [0.25, 0.3) is 5.65 Å². The molecule has 0 spiro atoms. The molecule has 2 heterocycles. The molecular formula is C19H23BrN6. The highest BCUT2D eigenvalue weighted by molar-refractivity contribution is 9.10. The first kappa shape index (κ1) is 18.4. The Balaban J connectivity index is 1.62. The Labute approximate surface area is 161 Å². The number of benzene rings is 1. The largest absolute Gasteiger partial charge is 0.356 e. The minimum Gasteiger partial charge on any atom is -0.356 e. The fraction of sp³-hybridized carbons (Fsp3) is 0.316. The third-order valence-corrected chi connectivity index (χ3v) is 5.01. The smallest absolute Gasteiger partial charge is 0.191 e. The minimum absolute atomic E-state index is 0.0563. The molecule has 26 heavy (non-hydrogen) atoms. The second kappa shape index (κ2) is 7.86. The molecule has 0 aliphatic heterocycles. The second-order valence-corrected chi connectivity index (χ2v) is 7.54. The molecule has 7 heteroatoms. The summed E-state index contributed by atoms with van der Waals surface area (Å²) in [6.07, 6.45) is 1.96. The number of halogens is 1. The Kier molecular flexibility index (Phi) is 5.56. The van der Waals surface area contributed by atoms with E-state index in [9.17, 15) is 0 Å². The van der Waals surface area contributed by atoms with Crippen LogP contribution in [-0.2, 0) is 12.0 Å². The highest BCUT2D eigenvalue weighted by Gasteiger charge is 2.23. The standard InChI is InChI=1S/C19H23BrN6/c1-19(2,14-8-4-5-9-15(14)20)13-23-18(21-3)22-12-17-25-24-16-10-6-7-11-26(16)17/h4-11H,12-13H2,1-3H3,(H2,21,22,23). The van der Waals surface area contributed by atoms with Gasteiger partial charge < -0.3 is 10.6 Å². The maximum Gasteiger partial charge on any atom is 0.191 e. The monoisotopic (exact) mass is 414 g/mol. The fourth-order valence-electron chi connectivity index (χ4n) is 2.80. The summed E-state index contributed by atoms with van der Waals surface area (Å²) in [6, 6.07) is 14.2. The maximum atomic E-state index is 4.31. The van der Waals surface area contributed by atoms with Crippen molar-refractivity contribution in [2.75, 3.05) is 13.6 Å². The van der Waals surface area contributed by atoms with Crippen molar-refractivity contribution in [1.29, 1.82) is 0 Å². The molecule has 0 saturated carbocycles. The van der Waals surface area contributed by atoms with Crippen LogP contribution in [0.15, 0.2) is 58.1 Å². The lowest BCUT2D eigenvalue weighted by Crippen LogP contribution is -2.43. The molecule has 0 fully saturated rings. The second-order valence-electron chi connectivity index (χ2n) is 6.69. The maximum absolute atomic E-state index is 4.31. The molecular weight excluding hydrogens is 392 g/mol. The molecule has 0 radical (unpaired) electrons. The van der Waals surface area contributed by atoms with Crippen molar-refractivity contribution in [3.05, 3.63) is 64.5 Å². The number of pyridine rings is 1. The lowest BCUT2D eigenvalue weighted by atomic mass is 9.84. The molecule has 0 amide bonds. The minimum atomic E-state index is -0.0563. The predicted octanol–water partition coefficient (Wildman–Crippen LogP) is 3.13. The average Bonchev–Trinajstić information content (AvgIpc) is 3.05. The van der Waals surface area contributed by atoms with Crippen molar-refractivity contribution in [3.8, 4) is 0 Å². The Morgan fingerprint density at radius 2 is 1.88 bits per heavy atom. The summed E-state index contributed by atoms with van der Waals surface area (Å²) >= 11 is 3.64. The van der Waals surface area contributed by atoms with Gasteiger partial charge in [0.1, 0.15) is 0 Å². The van der Waals surface area contributed by atoms with E-state index in [0.717, 1.165) is 28.4 Å². The number of nitrogens with zero attached hydrogens (tertiary/aromatic N) is 4. The summed E-state index contributed by atoms with van der Waals surface area (Å²) in [5, 5.41) is 15.1. The third kappa shape index (κ3) is 4.04. The summed E-state index contributed by atoms with van der Waals surface area (Å²) in [6.45, 7) is 5.70. The van der Waals surface area contributed by atoms with Gasteiger partial charge in [-0.25, -0.2) is 0 Å². The summed E-state index contributed by atoms with van der Waals surface area (Å²) < 4.78 is 3.08. The lowest BCUT2D eigenvalue weighted by Gasteiger charge is -2.27. The molecule has 0 atom stereocenters. The molecule has 2 aromatic heterocycles. The number of nitrogens with one attached hydrogen (secondary N) is 2. The van der Waals surface area contributed by atoms with Gasteiger partial charge in [-0.1, -0.05) is 54.0 Å². The van der Waals surface area contributed by atoms with Gasteiger partial charge in [0.2, 0.25) is 0 Å². The van der Waals surface area contributed by atoms with E-state index in [0.29, 0.717) is 6.54 Å². The van der Waals surface area contributed by atoms with E-state index in [-0.39, 0.29) is 5.41 Å². The SMILES string of the molecule is CN=C(NCc1nnc2ccccn12)NCC(C)(C)c1ccccc1Br. The van der Waals surface area contributed by atoms with E-state index in [1.54, 1.807) is 7.05 Å². The van der Waals surface area contributed by atoms with Gasteiger partial charge in [0.25, 0.3) is 0 Å². The number of fused-ring (bicyclic) bond motifs is 1. The summed E-state index contributed by atoms with van der Waals surface area (Å²) in [4.78, 5) is 4.31. The Bertz CT molecular complexity index is 915. The highest BCUT2D eigenvalue weighted by atomic mass is 79.9. The van der Waals surface area contributed by atoms with Crippen LogP contribution < -0.4 is 10.6 Å². The van der Waals surface area contributed by atoms with Crippen LogP contribution >= 0.6 is 15.9 Å².